The van der Waals surface area contributed by atoms with Crippen LogP contribution in [0.5, 0.6) is 0 Å². The zero-order chi connectivity index (χ0) is 16.4. The van der Waals surface area contributed by atoms with E-state index in [1.807, 2.05) is 0 Å². The molecule has 0 fully saturated rings. The lowest BCUT2D eigenvalue weighted by atomic mass is 9.98. The highest BCUT2D eigenvalue weighted by Gasteiger charge is 2.09. The van der Waals surface area contributed by atoms with Crippen LogP contribution in [0.4, 0.5) is 5.69 Å². The minimum absolute atomic E-state index is 0.380. The summed E-state index contributed by atoms with van der Waals surface area (Å²) >= 11 is -2.18. The first-order valence-electron chi connectivity index (χ1n) is 8.60. The van der Waals surface area contributed by atoms with Crippen LogP contribution in [0.15, 0.2) is 17.0 Å². The fourth-order valence-electron chi connectivity index (χ4n) is 2.74. The fourth-order valence-corrected chi connectivity index (χ4v) is 3.22. The van der Waals surface area contributed by atoms with Crippen LogP contribution in [0, 0.1) is 0 Å². The summed E-state index contributed by atoms with van der Waals surface area (Å²) in [6, 6.07) is 3.50. The third-order valence-corrected chi connectivity index (χ3v) is 4.74. The Morgan fingerprint density at radius 3 is 1.73 bits per heavy atom. The monoisotopic (exact) mass is 324 g/mol. The van der Waals surface area contributed by atoms with Gasteiger partial charge in [0.15, 0.2) is 0 Å². The van der Waals surface area contributed by atoms with Gasteiger partial charge in [0.25, 0.3) is 0 Å². The van der Waals surface area contributed by atoms with Gasteiger partial charge in [0.1, 0.15) is 0 Å². The number of unbranched alkanes of at least 4 members (excludes halogenated alkanes) is 6. The van der Waals surface area contributed by atoms with Crippen molar-refractivity contribution in [2.45, 2.75) is 83.0 Å². The van der Waals surface area contributed by atoms with E-state index < -0.39 is 11.1 Å². The summed E-state index contributed by atoms with van der Waals surface area (Å²) in [5.41, 5.74) is 9.09. The molecule has 0 amide bonds. The second-order valence-corrected chi connectivity index (χ2v) is 6.95. The molecule has 0 heterocycles. The van der Waals surface area contributed by atoms with Crippen LogP contribution in [-0.2, 0) is 23.9 Å². The molecule has 126 valence electrons. The molecule has 1 atom stereocenters. The number of nitrogen functional groups attached to an aromatic ring is 1. The second-order valence-electron chi connectivity index (χ2n) is 6.01. The van der Waals surface area contributed by atoms with Gasteiger partial charge in [-0.15, -0.1) is 0 Å². The molecule has 2 N–H and O–H groups in total. The van der Waals surface area contributed by atoms with Crippen LogP contribution in [0.25, 0.3) is 0 Å². The van der Waals surface area contributed by atoms with E-state index in [0.717, 1.165) is 42.5 Å². The van der Waals surface area contributed by atoms with E-state index in [0.29, 0.717) is 4.90 Å². The second kappa shape index (κ2) is 10.8. The lowest BCUT2D eigenvalue weighted by Crippen LogP contribution is -2.04. The van der Waals surface area contributed by atoms with E-state index in [-0.39, 0.29) is 0 Å². The third-order valence-electron chi connectivity index (χ3n) is 4.12. The van der Waals surface area contributed by atoms with Crippen LogP contribution < -0.4 is 5.73 Å². The van der Waals surface area contributed by atoms with Crippen LogP contribution >= 0.6 is 0 Å². The predicted octanol–water partition coefficient (Wildman–Crippen LogP) is 4.75. The smallest absolute Gasteiger partial charge is 0.0379 e. The Hall–Kier alpha value is -0.870. The van der Waals surface area contributed by atoms with E-state index in [9.17, 15) is 8.76 Å². The molecule has 1 rings (SSSR count). The van der Waals surface area contributed by atoms with E-state index in [1.165, 1.54) is 38.5 Å². The molecule has 3 nitrogen and oxygen atoms in total. The maximum absolute atomic E-state index is 11.3. The molecule has 0 radical (unpaired) electrons. The van der Waals surface area contributed by atoms with E-state index in [2.05, 4.69) is 13.8 Å². The molecular weight excluding hydrogens is 294 g/mol. The van der Waals surface area contributed by atoms with Crippen molar-refractivity contribution in [3.05, 3.63) is 23.3 Å². The molecule has 0 bridgehead atoms. The first-order valence-corrected chi connectivity index (χ1v) is 9.68. The summed E-state index contributed by atoms with van der Waals surface area (Å²) in [6.45, 7) is 4.37. The summed E-state index contributed by atoms with van der Waals surface area (Å²) < 4.78 is 22.7. The number of anilines is 1. The normalized spacial score (nSPS) is 12.5. The van der Waals surface area contributed by atoms with Crippen LogP contribution in [0.3, 0.4) is 0 Å². The number of nitrogens with two attached hydrogens (primary N) is 1. The highest BCUT2D eigenvalue weighted by atomic mass is 32.2. The molecule has 0 saturated carbocycles. The minimum atomic E-state index is -2.18. The first kappa shape index (κ1) is 19.2. The molecule has 0 spiro atoms. The van der Waals surface area contributed by atoms with Gasteiger partial charge in [-0.25, -0.2) is 0 Å². The Morgan fingerprint density at radius 2 is 1.36 bits per heavy atom. The number of hydrogen-bond acceptors (Lipinski definition) is 3. The van der Waals surface area contributed by atoms with Gasteiger partial charge in [-0.05, 0) is 60.0 Å². The van der Waals surface area contributed by atoms with Crippen LogP contribution in [0.2, 0.25) is 0 Å². The van der Waals surface area contributed by atoms with Crippen molar-refractivity contribution in [2.75, 3.05) is 5.73 Å². The number of rotatable bonds is 11. The quantitative estimate of drug-likeness (QED) is 0.363. The molecule has 1 aromatic carbocycles. The van der Waals surface area contributed by atoms with Gasteiger partial charge in [0.2, 0.25) is 0 Å². The lowest BCUT2D eigenvalue weighted by Gasteiger charge is -2.15. The third kappa shape index (κ3) is 6.49. The van der Waals surface area contributed by atoms with Gasteiger partial charge in [-0.2, -0.15) is 0 Å². The predicted molar refractivity (Wildman–Crippen MR) is 93.7 cm³/mol. The van der Waals surface area contributed by atoms with Crippen LogP contribution in [0.1, 0.15) is 76.3 Å². The average molecular weight is 325 g/mol. The van der Waals surface area contributed by atoms with Crippen molar-refractivity contribution < 1.29 is 8.76 Å². The van der Waals surface area contributed by atoms with Gasteiger partial charge >= 0.3 is 0 Å². The molecule has 1 unspecified atom stereocenters. The van der Waals surface area contributed by atoms with Crippen molar-refractivity contribution in [3.63, 3.8) is 0 Å². The molecule has 4 heteroatoms. The molecule has 0 saturated heterocycles. The van der Waals surface area contributed by atoms with Gasteiger partial charge < -0.3 is 10.3 Å². The molecule has 22 heavy (non-hydrogen) atoms. The molecule has 1 aromatic rings. The SMILES string of the molecule is CCCCCCc1cc(S(=O)[O-])cc(CCCCCC)c1N. The highest BCUT2D eigenvalue weighted by Crippen LogP contribution is 2.26. The zero-order valence-electron chi connectivity index (χ0n) is 14.0. The fraction of sp³-hybridized carbons (Fsp3) is 0.667. The number of benzene rings is 1. The standard InChI is InChI=1S/C18H31NO2S/c1-3-5-7-9-11-15-13-17(22(20)21)14-16(18(15)19)12-10-8-6-4-2/h13-14H,3-12,19H2,1-2H3,(H,20,21)/p-1. The Labute approximate surface area is 138 Å². The van der Waals surface area contributed by atoms with Crippen molar-refractivity contribution >= 4 is 16.8 Å². The molecule has 0 aliphatic rings. The van der Waals surface area contributed by atoms with E-state index in [4.69, 9.17) is 5.73 Å². The Balaban J connectivity index is 2.80. The van der Waals surface area contributed by atoms with Crippen LogP contribution in [-0.4, -0.2) is 8.76 Å². The maximum Gasteiger partial charge on any atom is 0.0379 e. The summed E-state index contributed by atoms with van der Waals surface area (Å²) in [6.07, 6.45) is 11.1. The largest absolute Gasteiger partial charge is 0.768 e. The summed E-state index contributed by atoms with van der Waals surface area (Å²) in [4.78, 5) is 0.380. The minimum Gasteiger partial charge on any atom is -0.768 e. The zero-order valence-corrected chi connectivity index (χ0v) is 14.8. The van der Waals surface area contributed by atoms with Gasteiger partial charge in [-0.3, -0.25) is 4.21 Å². The summed E-state index contributed by atoms with van der Waals surface area (Å²) in [7, 11) is 0. The summed E-state index contributed by atoms with van der Waals surface area (Å²) in [5, 5.41) is 0. The van der Waals surface area contributed by atoms with Crippen molar-refractivity contribution in [1.29, 1.82) is 0 Å². The summed E-state index contributed by atoms with van der Waals surface area (Å²) in [5.74, 6) is 0. The van der Waals surface area contributed by atoms with E-state index >= 15 is 0 Å². The number of hydrogen-bond donors (Lipinski definition) is 1. The molecular formula is C18H30NO2S-. The van der Waals surface area contributed by atoms with E-state index in [1.54, 1.807) is 12.1 Å². The van der Waals surface area contributed by atoms with Crippen molar-refractivity contribution in [3.8, 4) is 0 Å². The Morgan fingerprint density at radius 1 is 0.909 bits per heavy atom. The topological polar surface area (TPSA) is 66.1 Å². The highest BCUT2D eigenvalue weighted by molar-refractivity contribution is 7.79. The Bertz CT molecular complexity index is 441. The average Bonchev–Trinajstić information content (AvgIpc) is 2.50. The number of aryl methyl sites for hydroxylation is 2. The molecule has 0 aliphatic heterocycles. The van der Waals surface area contributed by atoms with Crippen molar-refractivity contribution in [1.82, 2.24) is 0 Å². The molecule has 0 aromatic heterocycles. The Kier molecular flexibility index (Phi) is 9.41. The van der Waals surface area contributed by atoms with Crippen molar-refractivity contribution in [2.24, 2.45) is 0 Å². The van der Waals surface area contributed by atoms with Gasteiger partial charge in [0.05, 0.1) is 0 Å². The first-order chi connectivity index (χ1) is 10.6. The van der Waals surface area contributed by atoms with Gasteiger partial charge in [-0.1, -0.05) is 52.4 Å². The maximum atomic E-state index is 11.3. The molecule has 0 aliphatic carbocycles. The lowest BCUT2D eigenvalue weighted by molar-refractivity contribution is 0.536. The van der Waals surface area contributed by atoms with Gasteiger partial charge in [0, 0.05) is 10.6 Å².